The predicted molar refractivity (Wildman–Crippen MR) is 128 cm³/mol. The Labute approximate surface area is 198 Å². The summed E-state index contributed by atoms with van der Waals surface area (Å²) < 4.78 is 25.6. The molecule has 6 nitrogen and oxygen atoms in total. The molecule has 0 spiro atoms. The number of hydrogen-bond donors (Lipinski definition) is 0. The minimum absolute atomic E-state index is 0.138. The molecule has 34 heavy (non-hydrogen) atoms. The molecule has 1 fully saturated rings. The third-order valence-corrected chi connectivity index (χ3v) is 6.12. The Balaban J connectivity index is 1.20. The van der Waals surface area contributed by atoms with Crippen molar-refractivity contribution in [2.75, 3.05) is 19.7 Å². The molecule has 5 rings (SSSR count). The summed E-state index contributed by atoms with van der Waals surface area (Å²) in [6.45, 7) is 5.06. The fourth-order valence-electron chi connectivity index (χ4n) is 4.29. The number of likely N-dealkylation sites (tertiary alicyclic amines) is 1. The van der Waals surface area contributed by atoms with Crippen LogP contribution in [0, 0.1) is 18.7 Å². The van der Waals surface area contributed by atoms with E-state index in [1.54, 1.807) is 12.3 Å². The quantitative estimate of drug-likeness (QED) is 0.362. The molecule has 0 radical (unpaired) electrons. The Morgan fingerprint density at radius 1 is 1.09 bits per heavy atom. The summed E-state index contributed by atoms with van der Waals surface area (Å²) in [6.07, 6.45) is 3.93. The number of rotatable bonds is 7. The highest BCUT2D eigenvalue weighted by molar-refractivity contribution is 5.60. The second kappa shape index (κ2) is 10.1. The molecule has 2 aromatic carbocycles. The van der Waals surface area contributed by atoms with Crippen LogP contribution in [0.25, 0.3) is 22.8 Å². The van der Waals surface area contributed by atoms with Gasteiger partial charge in [0.1, 0.15) is 11.6 Å². The van der Waals surface area contributed by atoms with Gasteiger partial charge in [-0.25, -0.2) is 4.39 Å². The van der Waals surface area contributed by atoms with Crippen molar-refractivity contribution in [2.45, 2.75) is 26.3 Å². The molecule has 0 aliphatic carbocycles. The maximum absolute atomic E-state index is 14.0. The van der Waals surface area contributed by atoms with Crippen LogP contribution in [-0.2, 0) is 6.54 Å². The van der Waals surface area contributed by atoms with Gasteiger partial charge in [0, 0.05) is 47.6 Å². The summed E-state index contributed by atoms with van der Waals surface area (Å²) in [5, 5.41) is 4.09. The molecule has 1 atom stereocenters. The van der Waals surface area contributed by atoms with Gasteiger partial charge in [0.05, 0.1) is 6.61 Å². The van der Waals surface area contributed by atoms with Gasteiger partial charge in [-0.1, -0.05) is 29.4 Å². The molecule has 3 heterocycles. The number of ether oxygens (including phenoxy) is 1. The number of aromatic nitrogens is 3. The number of piperidine rings is 1. The Kier molecular flexibility index (Phi) is 6.62. The number of halogens is 1. The van der Waals surface area contributed by atoms with E-state index in [2.05, 4.69) is 20.0 Å². The Morgan fingerprint density at radius 3 is 2.85 bits per heavy atom. The van der Waals surface area contributed by atoms with Crippen molar-refractivity contribution in [3.63, 3.8) is 0 Å². The van der Waals surface area contributed by atoms with Crippen LogP contribution >= 0.6 is 0 Å². The molecule has 0 amide bonds. The highest BCUT2D eigenvalue weighted by atomic mass is 19.1. The van der Waals surface area contributed by atoms with Crippen molar-refractivity contribution in [1.82, 2.24) is 20.0 Å². The van der Waals surface area contributed by atoms with Gasteiger partial charge in [-0.3, -0.25) is 9.88 Å². The fourth-order valence-corrected chi connectivity index (χ4v) is 4.29. The molecule has 7 heteroatoms. The van der Waals surface area contributed by atoms with Gasteiger partial charge in [-0.05, 0) is 62.7 Å². The number of benzene rings is 2. The van der Waals surface area contributed by atoms with Gasteiger partial charge in [0.15, 0.2) is 0 Å². The van der Waals surface area contributed by atoms with Crippen LogP contribution in [-0.4, -0.2) is 39.7 Å². The zero-order chi connectivity index (χ0) is 23.3. The molecule has 4 aromatic rings. The molecule has 0 saturated carbocycles. The lowest BCUT2D eigenvalue weighted by molar-refractivity contribution is 0.124. The molecule has 0 bridgehead atoms. The van der Waals surface area contributed by atoms with Crippen LogP contribution in [0.3, 0.4) is 0 Å². The van der Waals surface area contributed by atoms with Crippen molar-refractivity contribution in [3.8, 4) is 28.6 Å². The zero-order valence-corrected chi connectivity index (χ0v) is 19.2. The smallest absolute Gasteiger partial charge is 0.258 e. The van der Waals surface area contributed by atoms with E-state index in [1.807, 2.05) is 55.5 Å². The van der Waals surface area contributed by atoms with Crippen molar-refractivity contribution >= 4 is 0 Å². The Hall–Kier alpha value is -3.58. The second-order valence-electron chi connectivity index (χ2n) is 8.79. The van der Waals surface area contributed by atoms with Crippen molar-refractivity contribution in [2.24, 2.45) is 5.92 Å². The molecule has 2 aromatic heterocycles. The summed E-state index contributed by atoms with van der Waals surface area (Å²) in [7, 11) is 0. The number of nitrogens with zero attached hydrogens (tertiary/aromatic N) is 4. The Morgan fingerprint density at radius 2 is 2.00 bits per heavy atom. The van der Waals surface area contributed by atoms with Crippen LogP contribution in [0.2, 0.25) is 0 Å². The van der Waals surface area contributed by atoms with Crippen LogP contribution in [0.15, 0.2) is 71.4 Å². The summed E-state index contributed by atoms with van der Waals surface area (Å²) in [5.41, 5.74) is 3.30. The van der Waals surface area contributed by atoms with Crippen molar-refractivity contribution < 1.29 is 13.7 Å². The molecular formula is C27H27FN4O2. The van der Waals surface area contributed by atoms with Crippen molar-refractivity contribution in [1.29, 1.82) is 0 Å². The highest BCUT2D eigenvalue weighted by Crippen LogP contribution is 2.26. The lowest BCUT2D eigenvalue weighted by Gasteiger charge is -2.32. The van der Waals surface area contributed by atoms with Gasteiger partial charge in [-0.15, -0.1) is 0 Å². The van der Waals surface area contributed by atoms with E-state index in [1.165, 1.54) is 6.07 Å². The molecule has 1 aliphatic rings. The first kappa shape index (κ1) is 22.2. The highest BCUT2D eigenvalue weighted by Gasteiger charge is 2.21. The summed E-state index contributed by atoms with van der Waals surface area (Å²) in [4.78, 5) is 11.1. The number of aryl methyl sites for hydroxylation is 1. The van der Waals surface area contributed by atoms with Crippen LogP contribution in [0.4, 0.5) is 4.39 Å². The SMILES string of the molecule is Cc1ccc(-c2noc(-c3cccc(OCC4CCCN(Cc5ccccc5F)C4)c3)n2)cn1. The van der Waals surface area contributed by atoms with Gasteiger partial charge in [0.25, 0.3) is 5.89 Å². The topological polar surface area (TPSA) is 64.3 Å². The van der Waals surface area contributed by atoms with Crippen LogP contribution in [0.5, 0.6) is 5.75 Å². The maximum Gasteiger partial charge on any atom is 0.258 e. The van der Waals surface area contributed by atoms with Gasteiger partial charge < -0.3 is 9.26 Å². The first-order valence-electron chi connectivity index (χ1n) is 11.6. The third kappa shape index (κ3) is 5.31. The average molecular weight is 459 g/mol. The van der Waals surface area contributed by atoms with E-state index in [0.717, 1.165) is 54.1 Å². The lowest BCUT2D eigenvalue weighted by Crippen LogP contribution is -2.37. The number of pyridine rings is 1. The first-order chi connectivity index (χ1) is 16.6. The molecule has 1 unspecified atom stereocenters. The fraction of sp³-hybridized carbons (Fsp3) is 0.296. The van der Waals surface area contributed by atoms with E-state index in [4.69, 9.17) is 9.26 Å². The summed E-state index contributed by atoms with van der Waals surface area (Å²) in [6, 6.07) is 18.6. The minimum Gasteiger partial charge on any atom is -0.493 e. The minimum atomic E-state index is -0.138. The van der Waals surface area contributed by atoms with Crippen molar-refractivity contribution in [3.05, 3.63) is 83.9 Å². The third-order valence-electron chi connectivity index (χ3n) is 6.12. The molecular weight excluding hydrogens is 431 g/mol. The zero-order valence-electron chi connectivity index (χ0n) is 19.2. The standard InChI is InChI=1S/C27H27FN4O2/c1-19-11-12-22(15-29-19)26-30-27(34-31-26)21-8-4-9-24(14-21)33-18-20-6-5-13-32(16-20)17-23-7-2-3-10-25(23)28/h2-4,7-12,14-15,20H,5-6,13,16-18H2,1H3. The summed E-state index contributed by atoms with van der Waals surface area (Å²) >= 11 is 0. The molecule has 174 valence electrons. The van der Waals surface area contributed by atoms with E-state index < -0.39 is 0 Å². The summed E-state index contributed by atoms with van der Waals surface area (Å²) in [5.74, 6) is 1.97. The predicted octanol–water partition coefficient (Wildman–Crippen LogP) is 5.54. The van der Waals surface area contributed by atoms with E-state index in [-0.39, 0.29) is 5.82 Å². The van der Waals surface area contributed by atoms with Gasteiger partial charge >= 0.3 is 0 Å². The van der Waals surface area contributed by atoms with E-state index in [9.17, 15) is 4.39 Å². The number of hydrogen-bond acceptors (Lipinski definition) is 6. The van der Waals surface area contributed by atoms with Crippen LogP contribution in [0.1, 0.15) is 24.1 Å². The molecule has 1 aliphatic heterocycles. The van der Waals surface area contributed by atoms with Crippen LogP contribution < -0.4 is 4.74 Å². The Bertz CT molecular complexity index is 1240. The first-order valence-corrected chi connectivity index (χ1v) is 11.6. The second-order valence-corrected chi connectivity index (χ2v) is 8.79. The molecule has 1 saturated heterocycles. The lowest BCUT2D eigenvalue weighted by atomic mass is 9.98. The van der Waals surface area contributed by atoms with E-state index >= 15 is 0 Å². The molecule has 0 N–H and O–H groups in total. The maximum atomic E-state index is 14.0. The normalized spacial score (nSPS) is 16.5. The average Bonchev–Trinajstić information content (AvgIpc) is 3.36. The van der Waals surface area contributed by atoms with E-state index in [0.29, 0.717) is 30.8 Å². The monoisotopic (exact) mass is 458 g/mol. The largest absolute Gasteiger partial charge is 0.493 e. The van der Waals surface area contributed by atoms with Gasteiger partial charge in [0.2, 0.25) is 5.82 Å². The van der Waals surface area contributed by atoms with Gasteiger partial charge in [-0.2, -0.15) is 4.98 Å².